The first-order valence-electron chi connectivity index (χ1n) is 8.16. The van der Waals surface area contributed by atoms with Crippen molar-refractivity contribution in [3.8, 4) is 0 Å². The average Bonchev–Trinajstić information content (AvgIpc) is 3.29. The molecule has 2 aromatic rings. The van der Waals surface area contributed by atoms with Gasteiger partial charge >= 0.3 is 29.6 Å². The molecule has 2 heterocycles. The molecule has 136 valence electrons. The van der Waals surface area contributed by atoms with Crippen molar-refractivity contribution in [2.75, 3.05) is 0 Å². The van der Waals surface area contributed by atoms with E-state index in [2.05, 4.69) is 16.0 Å². The van der Waals surface area contributed by atoms with Gasteiger partial charge in [-0.1, -0.05) is 30.3 Å². The molecule has 1 saturated heterocycles. The Kier molecular flexibility index (Phi) is 7.61. The Labute approximate surface area is 178 Å². The van der Waals surface area contributed by atoms with Gasteiger partial charge in [-0.25, -0.2) is 0 Å². The SMILES string of the molecule is O=C(NCc1ccco1)[C@H](Cc1ccccc1)NC(=O)[C@H]1N[C@@H]1C(=O)[O-].[Na+]. The summed E-state index contributed by atoms with van der Waals surface area (Å²) in [7, 11) is 0. The van der Waals surface area contributed by atoms with E-state index in [9.17, 15) is 19.5 Å². The minimum atomic E-state index is -1.34. The van der Waals surface area contributed by atoms with E-state index >= 15 is 0 Å². The van der Waals surface area contributed by atoms with Crippen molar-refractivity contribution in [3.05, 3.63) is 60.1 Å². The van der Waals surface area contributed by atoms with E-state index in [-0.39, 0.29) is 48.4 Å². The normalized spacial score (nSPS) is 18.7. The smallest absolute Gasteiger partial charge is 0.548 e. The van der Waals surface area contributed by atoms with Gasteiger partial charge in [-0.05, 0) is 17.7 Å². The number of hydrogen-bond donors (Lipinski definition) is 3. The Morgan fingerprint density at radius 1 is 1.11 bits per heavy atom. The van der Waals surface area contributed by atoms with Crippen LogP contribution in [0.25, 0.3) is 0 Å². The summed E-state index contributed by atoms with van der Waals surface area (Å²) in [5.41, 5.74) is 0.867. The van der Waals surface area contributed by atoms with Crippen LogP contribution in [0.2, 0.25) is 0 Å². The average molecular weight is 379 g/mol. The molecule has 0 spiro atoms. The zero-order valence-corrected chi connectivity index (χ0v) is 16.8. The maximum Gasteiger partial charge on any atom is 1.00 e. The van der Waals surface area contributed by atoms with Crippen LogP contribution in [0.15, 0.2) is 53.1 Å². The number of carbonyl (C=O) groups excluding carboxylic acids is 3. The summed E-state index contributed by atoms with van der Waals surface area (Å²) in [4.78, 5) is 35.5. The second kappa shape index (κ2) is 9.70. The maximum atomic E-state index is 12.5. The molecule has 3 atom stereocenters. The fourth-order valence-electron chi connectivity index (χ4n) is 2.60. The number of carbonyl (C=O) groups is 3. The number of hydrogen-bond acceptors (Lipinski definition) is 6. The third kappa shape index (κ3) is 5.93. The number of rotatable bonds is 8. The number of carboxylic acids is 1. The molecule has 1 aliphatic rings. The van der Waals surface area contributed by atoms with E-state index < -0.39 is 30.0 Å². The zero-order chi connectivity index (χ0) is 18.5. The van der Waals surface area contributed by atoms with E-state index in [4.69, 9.17) is 4.42 Å². The predicted octanol–water partition coefficient (Wildman–Crippen LogP) is -4.28. The van der Waals surface area contributed by atoms with Gasteiger partial charge in [-0.15, -0.1) is 0 Å². The third-order valence-corrected chi connectivity index (χ3v) is 4.05. The molecule has 9 heteroatoms. The second-order valence-electron chi connectivity index (χ2n) is 5.99. The summed E-state index contributed by atoms with van der Waals surface area (Å²) in [6.45, 7) is 0.191. The number of aliphatic carboxylic acids is 1. The van der Waals surface area contributed by atoms with Crippen LogP contribution >= 0.6 is 0 Å². The van der Waals surface area contributed by atoms with Crippen LogP contribution < -0.4 is 50.6 Å². The van der Waals surface area contributed by atoms with Crippen molar-refractivity contribution in [2.24, 2.45) is 0 Å². The maximum absolute atomic E-state index is 12.5. The van der Waals surface area contributed by atoms with Crippen LogP contribution in [-0.2, 0) is 27.3 Å². The molecule has 1 aromatic heterocycles. The predicted molar refractivity (Wildman–Crippen MR) is 88.4 cm³/mol. The van der Waals surface area contributed by atoms with E-state index in [0.29, 0.717) is 5.76 Å². The molecule has 0 aliphatic carbocycles. The van der Waals surface area contributed by atoms with E-state index in [0.717, 1.165) is 5.56 Å². The van der Waals surface area contributed by atoms with Gasteiger partial charge in [-0.3, -0.25) is 14.9 Å². The van der Waals surface area contributed by atoms with Crippen LogP contribution in [-0.4, -0.2) is 35.9 Å². The van der Waals surface area contributed by atoms with Gasteiger partial charge in [0.2, 0.25) is 11.8 Å². The van der Waals surface area contributed by atoms with Crippen LogP contribution in [0.1, 0.15) is 11.3 Å². The Balaban J connectivity index is 0.00000261. The van der Waals surface area contributed by atoms with Crippen molar-refractivity contribution < 1.29 is 53.5 Å². The first-order chi connectivity index (χ1) is 12.5. The number of nitrogens with one attached hydrogen (secondary N) is 3. The Bertz CT molecular complexity index is 782. The number of furan rings is 1. The second-order valence-corrected chi connectivity index (χ2v) is 5.99. The first kappa shape index (κ1) is 21.2. The molecule has 8 nitrogen and oxygen atoms in total. The summed E-state index contributed by atoms with van der Waals surface area (Å²) >= 11 is 0. The summed E-state index contributed by atoms with van der Waals surface area (Å²) in [6.07, 6.45) is 1.78. The minimum Gasteiger partial charge on any atom is -0.548 e. The Hall–Kier alpha value is -2.13. The molecule has 0 saturated carbocycles. The topological polar surface area (TPSA) is 133 Å². The van der Waals surface area contributed by atoms with Crippen LogP contribution in [0.5, 0.6) is 0 Å². The van der Waals surface area contributed by atoms with Gasteiger partial charge in [0, 0.05) is 6.42 Å². The fourth-order valence-corrected chi connectivity index (χ4v) is 2.60. The molecule has 3 N–H and O–H groups in total. The Morgan fingerprint density at radius 3 is 2.44 bits per heavy atom. The molecule has 27 heavy (non-hydrogen) atoms. The molecule has 0 radical (unpaired) electrons. The molecule has 1 fully saturated rings. The number of benzene rings is 1. The molecular weight excluding hydrogens is 361 g/mol. The van der Waals surface area contributed by atoms with Gasteiger partial charge in [0.15, 0.2) is 0 Å². The van der Waals surface area contributed by atoms with Gasteiger partial charge in [0.1, 0.15) is 17.8 Å². The molecule has 3 rings (SSSR count). The third-order valence-electron chi connectivity index (χ3n) is 4.05. The van der Waals surface area contributed by atoms with E-state index in [1.165, 1.54) is 6.26 Å². The number of amides is 2. The van der Waals surface area contributed by atoms with Crippen molar-refractivity contribution in [2.45, 2.75) is 31.1 Å². The van der Waals surface area contributed by atoms with Crippen molar-refractivity contribution in [3.63, 3.8) is 0 Å². The fraction of sp³-hybridized carbons (Fsp3) is 0.278. The summed E-state index contributed by atoms with van der Waals surface area (Å²) in [6, 6.07) is 9.92. The van der Waals surface area contributed by atoms with E-state index in [1.54, 1.807) is 12.1 Å². The standard InChI is InChI=1S/C18H19N3O5.Na/c22-16(19-10-12-7-4-8-26-12)13(9-11-5-2-1-3-6-11)20-17(23)14-15(21-14)18(24)25;/h1-8,13-15,21H,9-10H2,(H,19,22)(H,20,23)(H,24,25);/q;+1/p-1/t13-,14-,15-;/m0./s1. The molecule has 1 aromatic carbocycles. The van der Waals surface area contributed by atoms with Gasteiger partial charge in [0.05, 0.1) is 24.8 Å². The van der Waals surface area contributed by atoms with Crippen LogP contribution in [0, 0.1) is 0 Å². The minimum absolute atomic E-state index is 0. The Morgan fingerprint density at radius 2 is 1.85 bits per heavy atom. The number of carboxylic acid groups (broad SMARTS) is 1. The molecule has 0 unspecified atom stereocenters. The molecular formula is C18H18N3NaO5. The van der Waals surface area contributed by atoms with Crippen LogP contribution in [0.3, 0.4) is 0 Å². The largest absolute Gasteiger partial charge is 1.00 e. The van der Waals surface area contributed by atoms with Gasteiger partial charge in [0.25, 0.3) is 0 Å². The van der Waals surface area contributed by atoms with Gasteiger partial charge in [-0.2, -0.15) is 0 Å². The monoisotopic (exact) mass is 379 g/mol. The van der Waals surface area contributed by atoms with Crippen LogP contribution in [0.4, 0.5) is 0 Å². The van der Waals surface area contributed by atoms with Crippen molar-refractivity contribution in [1.29, 1.82) is 0 Å². The molecule has 2 amide bonds. The summed E-state index contributed by atoms with van der Waals surface area (Å²) < 4.78 is 5.17. The zero-order valence-electron chi connectivity index (χ0n) is 14.8. The summed E-state index contributed by atoms with van der Waals surface area (Å²) in [5, 5.41) is 18.6. The van der Waals surface area contributed by atoms with Crippen molar-refractivity contribution in [1.82, 2.24) is 16.0 Å². The van der Waals surface area contributed by atoms with E-state index in [1.807, 2.05) is 30.3 Å². The molecule has 1 aliphatic heterocycles. The van der Waals surface area contributed by atoms with Gasteiger partial charge < -0.3 is 25.0 Å². The van der Waals surface area contributed by atoms with Crippen molar-refractivity contribution >= 4 is 17.8 Å². The quantitative estimate of drug-likeness (QED) is 0.314. The molecule has 0 bridgehead atoms. The summed E-state index contributed by atoms with van der Waals surface area (Å²) in [5.74, 6) is -1.69. The first-order valence-corrected chi connectivity index (χ1v) is 8.16.